The Labute approximate surface area is 194 Å². The number of hydrogen-bond donors (Lipinski definition) is 3. The Hall–Kier alpha value is -2.76. The molecule has 3 aromatic rings. The molecule has 5 heterocycles. The van der Waals surface area contributed by atoms with E-state index < -0.39 is 11.7 Å². The van der Waals surface area contributed by atoms with E-state index in [9.17, 15) is 13.2 Å². The van der Waals surface area contributed by atoms with Gasteiger partial charge in [0.1, 0.15) is 17.4 Å². The van der Waals surface area contributed by atoms with E-state index in [0.717, 1.165) is 45.1 Å². The van der Waals surface area contributed by atoms with E-state index in [-0.39, 0.29) is 29.3 Å². The summed E-state index contributed by atoms with van der Waals surface area (Å²) in [6, 6.07) is 3.64. The summed E-state index contributed by atoms with van der Waals surface area (Å²) in [4.78, 5) is 12.9. The van der Waals surface area contributed by atoms with Gasteiger partial charge in [-0.15, -0.1) is 0 Å². The summed E-state index contributed by atoms with van der Waals surface area (Å²) in [5.74, 6) is 0.222. The van der Waals surface area contributed by atoms with Crippen LogP contribution in [0.1, 0.15) is 31.1 Å². The van der Waals surface area contributed by atoms with Crippen molar-refractivity contribution in [2.24, 2.45) is 5.41 Å². The van der Waals surface area contributed by atoms with Crippen LogP contribution in [0.5, 0.6) is 0 Å². The number of halogens is 3. The van der Waals surface area contributed by atoms with Crippen LogP contribution in [0.3, 0.4) is 0 Å². The number of anilines is 1. The number of hydrogen-bond acceptors (Lipinski definition) is 7. The molecule has 2 aliphatic heterocycles. The number of alkyl halides is 3. The molecule has 0 radical (unpaired) electrons. The fourth-order valence-corrected chi connectivity index (χ4v) is 5.44. The highest BCUT2D eigenvalue weighted by atomic mass is 19.4. The molecule has 0 aromatic carbocycles. The average molecular weight is 474 g/mol. The van der Waals surface area contributed by atoms with Gasteiger partial charge in [0.05, 0.1) is 12.3 Å². The van der Waals surface area contributed by atoms with E-state index in [1.807, 2.05) is 0 Å². The molecule has 34 heavy (non-hydrogen) atoms. The van der Waals surface area contributed by atoms with Gasteiger partial charge in [0.15, 0.2) is 0 Å². The molecule has 1 aliphatic carbocycles. The molecule has 180 valence electrons. The van der Waals surface area contributed by atoms with Gasteiger partial charge in [-0.05, 0) is 37.9 Å². The van der Waals surface area contributed by atoms with Crippen molar-refractivity contribution < 1.29 is 17.9 Å². The van der Waals surface area contributed by atoms with E-state index in [1.165, 1.54) is 0 Å². The lowest BCUT2D eigenvalue weighted by Gasteiger charge is -2.47. The van der Waals surface area contributed by atoms with Gasteiger partial charge in [-0.25, -0.2) is 15.0 Å². The molecule has 6 rings (SSSR count). The van der Waals surface area contributed by atoms with Crippen molar-refractivity contribution in [3.8, 4) is 11.3 Å². The normalized spacial score (nSPS) is 27.3. The molecule has 1 saturated carbocycles. The standard InChI is InChI=1S/C23H26F3N7O/c24-23(25,26)16-10-30-21(31-17-3-4-22(17)5-7-28-13-22)32-19(16)15-12-33(18-11-27-8-9-34-18)20-14(15)2-1-6-29-20/h1-2,6,10,12,17-18,27-28H,3-5,7-9,11,13H2,(H,30,31,32). The van der Waals surface area contributed by atoms with Crippen LogP contribution >= 0.6 is 0 Å². The van der Waals surface area contributed by atoms with Crippen LogP contribution in [0.15, 0.2) is 30.7 Å². The van der Waals surface area contributed by atoms with Crippen LogP contribution < -0.4 is 16.0 Å². The molecule has 1 spiro atoms. The molecule has 3 fully saturated rings. The second-order valence-corrected chi connectivity index (χ2v) is 9.33. The summed E-state index contributed by atoms with van der Waals surface area (Å²) in [5, 5.41) is 10.6. The van der Waals surface area contributed by atoms with Gasteiger partial charge in [-0.3, -0.25) is 0 Å². The number of nitrogens with zero attached hydrogens (tertiary/aromatic N) is 4. The van der Waals surface area contributed by atoms with E-state index in [4.69, 9.17) is 4.74 Å². The summed E-state index contributed by atoms with van der Waals surface area (Å²) < 4.78 is 49.8. The second-order valence-electron chi connectivity index (χ2n) is 9.33. The minimum Gasteiger partial charge on any atom is -0.355 e. The first-order chi connectivity index (χ1) is 16.4. The Morgan fingerprint density at radius 1 is 1.18 bits per heavy atom. The van der Waals surface area contributed by atoms with Crippen LogP contribution in [-0.2, 0) is 10.9 Å². The maximum Gasteiger partial charge on any atom is 0.419 e. The van der Waals surface area contributed by atoms with Gasteiger partial charge in [0.25, 0.3) is 0 Å². The first-order valence-electron chi connectivity index (χ1n) is 11.6. The first-order valence-corrected chi connectivity index (χ1v) is 11.6. The van der Waals surface area contributed by atoms with E-state index in [0.29, 0.717) is 29.7 Å². The Morgan fingerprint density at radius 2 is 2.09 bits per heavy atom. The van der Waals surface area contributed by atoms with Gasteiger partial charge in [-0.2, -0.15) is 13.2 Å². The molecular weight excluding hydrogens is 447 g/mol. The zero-order valence-electron chi connectivity index (χ0n) is 18.5. The zero-order chi connectivity index (χ0) is 23.3. The number of nitrogens with one attached hydrogen (secondary N) is 3. The third-order valence-electron chi connectivity index (χ3n) is 7.41. The third kappa shape index (κ3) is 3.62. The molecular formula is C23H26F3N7O. The van der Waals surface area contributed by atoms with Gasteiger partial charge in [0, 0.05) is 60.6 Å². The van der Waals surface area contributed by atoms with Gasteiger partial charge in [0.2, 0.25) is 5.95 Å². The van der Waals surface area contributed by atoms with Crippen molar-refractivity contribution >= 4 is 17.0 Å². The zero-order valence-corrected chi connectivity index (χ0v) is 18.5. The highest BCUT2D eigenvalue weighted by Gasteiger charge is 2.48. The fraction of sp³-hybridized carbons (Fsp3) is 0.522. The quantitative estimate of drug-likeness (QED) is 0.536. The largest absolute Gasteiger partial charge is 0.419 e. The molecule has 11 heteroatoms. The molecule has 0 bridgehead atoms. The van der Waals surface area contributed by atoms with E-state index >= 15 is 0 Å². The number of morpholine rings is 1. The van der Waals surface area contributed by atoms with Crippen LogP contribution in [0.4, 0.5) is 19.1 Å². The SMILES string of the molecule is FC(F)(F)c1cnc(NC2CCC23CCNC3)nc1-c1cn(C2CNCCO2)c2ncccc12. The van der Waals surface area contributed by atoms with Crippen molar-refractivity contribution in [1.29, 1.82) is 0 Å². The highest BCUT2D eigenvalue weighted by molar-refractivity contribution is 5.94. The number of pyridine rings is 1. The molecule has 3 N–H and O–H groups in total. The van der Waals surface area contributed by atoms with Crippen LogP contribution in [0.2, 0.25) is 0 Å². The smallest absolute Gasteiger partial charge is 0.355 e. The Morgan fingerprint density at radius 3 is 2.79 bits per heavy atom. The van der Waals surface area contributed by atoms with E-state index in [2.05, 4.69) is 30.9 Å². The maximum atomic E-state index is 14.0. The van der Waals surface area contributed by atoms with Crippen LogP contribution in [0.25, 0.3) is 22.3 Å². The topological polar surface area (TPSA) is 88.9 Å². The summed E-state index contributed by atoms with van der Waals surface area (Å²) in [5.41, 5.74) is 0.0403. The first kappa shape index (κ1) is 21.8. The molecule has 2 saturated heterocycles. The lowest BCUT2D eigenvalue weighted by Crippen LogP contribution is -2.51. The van der Waals surface area contributed by atoms with Gasteiger partial charge < -0.3 is 25.3 Å². The Kier molecular flexibility index (Phi) is 5.23. The fourth-order valence-electron chi connectivity index (χ4n) is 5.44. The summed E-state index contributed by atoms with van der Waals surface area (Å²) in [7, 11) is 0. The van der Waals surface area contributed by atoms with Crippen LogP contribution in [-0.4, -0.2) is 58.3 Å². The third-order valence-corrected chi connectivity index (χ3v) is 7.41. The molecule has 3 unspecified atom stereocenters. The Balaban J connectivity index is 1.43. The molecule has 8 nitrogen and oxygen atoms in total. The predicted octanol–water partition coefficient (Wildman–Crippen LogP) is 3.18. The van der Waals surface area contributed by atoms with E-state index in [1.54, 1.807) is 29.1 Å². The number of fused-ring (bicyclic) bond motifs is 1. The minimum absolute atomic E-state index is 0.136. The second kappa shape index (κ2) is 8.17. The van der Waals surface area contributed by atoms with Crippen molar-refractivity contribution in [1.82, 2.24) is 30.2 Å². The summed E-state index contributed by atoms with van der Waals surface area (Å²) >= 11 is 0. The van der Waals surface area contributed by atoms with Gasteiger partial charge >= 0.3 is 6.18 Å². The predicted molar refractivity (Wildman–Crippen MR) is 120 cm³/mol. The van der Waals surface area contributed by atoms with Crippen LogP contribution in [0, 0.1) is 5.41 Å². The average Bonchev–Trinajstić information content (AvgIpc) is 3.49. The van der Waals surface area contributed by atoms with Crippen molar-refractivity contribution in [2.45, 2.75) is 37.7 Å². The van der Waals surface area contributed by atoms with Gasteiger partial charge in [-0.1, -0.05) is 0 Å². The molecule has 3 atom stereocenters. The number of aromatic nitrogens is 4. The molecule has 0 amide bonds. The molecule has 3 aromatic heterocycles. The van der Waals surface area contributed by atoms with Crippen molar-refractivity contribution in [3.05, 3.63) is 36.3 Å². The highest BCUT2D eigenvalue weighted by Crippen LogP contribution is 2.47. The number of rotatable bonds is 4. The Bertz CT molecular complexity index is 1200. The van der Waals surface area contributed by atoms with Crippen molar-refractivity contribution in [2.75, 3.05) is 38.1 Å². The van der Waals surface area contributed by atoms with Crippen molar-refractivity contribution in [3.63, 3.8) is 0 Å². The summed E-state index contributed by atoms with van der Waals surface area (Å²) in [6.07, 6.45) is 2.33. The monoisotopic (exact) mass is 473 g/mol. The lowest BCUT2D eigenvalue weighted by molar-refractivity contribution is -0.137. The lowest BCUT2D eigenvalue weighted by atomic mass is 9.64. The number of ether oxygens (including phenoxy) is 1. The maximum absolute atomic E-state index is 14.0. The summed E-state index contributed by atoms with van der Waals surface area (Å²) in [6.45, 7) is 3.65. The minimum atomic E-state index is -4.60. The molecule has 3 aliphatic rings.